The number of nitrogens with two attached hydrogens (primary N) is 2. The number of halogens is 2. The zero-order valence-electron chi connectivity index (χ0n) is 10.8. The van der Waals surface area contributed by atoms with E-state index >= 15 is 0 Å². The Balaban J connectivity index is 2.45. The normalized spacial score (nSPS) is 28.9. The van der Waals surface area contributed by atoms with Gasteiger partial charge in [-0.25, -0.2) is 0 Å². The first-order chi connectivity index (χ1) is 8.14. The molecule has 1 atom stereocenters. The van der Waals surface area contributed by atoms with Gasteiger partial charge in [-0.15, -0.1) is 23.2 Å². The molecule has 18 heavy (non-hydrogen) atoms. The predicted octanol–water partition coefficient (Wildman–Crippen LogP) is 3.38. The number of rotatable bonds is 1. The van der Waals surface area contributed by atoms with Gasteiger partial charge in [-0.2, -0.15) is 0 Å². The van der Waals surface area contributed by atoms with Crippen molar-refractivity contribution in [3.63, 3.8) is 0 Å². The van der Waals surface area contributed by atoms with Crippen molar-refractivity contribution in [1.82, 2.24) is 0 Å². The Morgan fingerprint density at radius 1 is 1.06 bits per heavy atom. The molecule has 0 bridgehead atoms. The molecule has 100 valence electrons. The van der Waals surface area contributed by atoms with E-state index in [1.807, 2.05) is 18.2 Å². The largest absolute Gasteiger partial charge is 0.313 e. The highest BCUT2D eigenvalue weighted by atomic mass is 35.5. The van der Waals surface area contributed by atoms with Gasteiger partial charge in [-0.3, -0.25) is 0 Å². The zero-order valence-corrected chi connectivity index (χ0v) is 12.3. The first-order valence-corrected chi connectivity index (χ1v) is 6.90. The SMILES string of the molecule is CC1(C)CC(N)(N)CC(Cl)(Cl)C1c1ccccc1. The van der Waals surface area contributed by atoms with Gasteiger partial charge in [-0.05, 0) is 17.4 Å². The molecule has 1 fully saturated rings. The Morgan fingerprint density at radius 2 is 1.61 bits per heavy atom. The van der Waals surface area contributed by atoms with E-state index in [1.165, 1.54) is 0 Å². The molecule has 1 aliphatic carbocycles. The monoisotopic (exact) mass is 286 g/mol. The lowest BCUT2D eigenvalue weighted by Crippen LogP contribution is -2.61. The maximum atomic E-state index is 6.55. The summed E-state index contributed by atoms with van der Waals surface area (Å²) in [7, 11) is 0. The summed E-state index contributed by atoms with van der Waals surface area (Å²) in [6.45, 7) is 4.25. The average molecular weight is 287 g/mol. The summed E-state index contributed by atoms with van der Waals surface area (Å²) in [4.78, 5) is 0. The van der Waals surface area contributed by atoms with Crippen LogP contribution in [0.4, 0.5) is 0 Å². The lowest BCUT2D eigenvalue weighted by atomic mass is 9.62. The molecule has 0 spiro atoms. The van der Waals surface area contributed by atoms with Crippen LogP contribution in [-0.4, -0.2) is 10.00 Å². The van der Waals surface area contributed by atoms with Crippen molar-refractivity contribution in [3.8, 4) is 0 Å². The number of hydrogen-bond donors (Lipinski definition) is 2. The minimum atomic E-state index is -0.938. The van der Waals surface area contributed by atoms with E-state index in [4.69, 9.17) is 34.7 Å². The highest BCUT2D eigenvalue weighted by Crippen LogP contribution is 2.57. The van der Waals surface area contributed by atoms with Gasteiger partial charge in [-0.1, -0.05) is 44.2 Å². The fraction of sp³-hybridized carbons (Fsp3) is 0.571. The Morgan fingerprint density at radius 3 is 2.11 bits per heavy atom. The van der Waals surface area contributed by atoms with Crippen molar-refractivity contribution in [2.24, 2.45) is 16.9 Å². The maximum Gasteiger partial charge on any atom is 0.128 e. The second-order valence-corrected chi connectivity index (χ2v) is 7.72. The van der Waals surface area contributed by atoms with Crippen LogP contribution in [0, 0.1) is 5.41 Å². The summed E-state index contributed by atoms with van der Waals surface area (Å²) in [5, 5.41) is 0. The smallest absolute Gasteiger partial charge is 0.128 e. The molecule has 0 amide bonds. The van der Waals surface area contributed by atoms with Crippen LogP contribution in [0.5, 0.6) is 0 Å². The van der Waals surface area contributed by atoms with Gasteiger partial charge < -0.3 is 11.5 Å². The van der Waals surface area contributed by atoms with E-state index in [2.05, 4.69) is 26.0 Å². The van der Waals surface area contributed by atoms with Crippen LogP contribution in [0.1, 0.15) is 38.2 Å². The Kier molecular flexibility index (Phi) is 3.44. The van der Waals surface area contributed by atoms with Crippen LogP contribution < -0.4 is 11.5 Å². The highest BCUT2D eigenvalue weighted by Gasteiger charge is 2.54. The minimum Gasteiger partial charge on any atom is -0.313 e. The quantitative estimate of drug-likeness (QED) is 0.614. The number of benzene rings is 1. The molecule has 1 saturated carbocycles. The standard InChI is InChI=1S/C14H20Cl2N2/c1-12(2)8-13(17,18)9-14(15,16)11(12)10-6-4-3-5-7-10/h3-7,11H,8-9,17-18H2,1-2H3. The Bertz CT molecular complexity index is 407. The van der Waals surface area contributed by atoms with Gasteiger partial charge in [0.15, 0.2) is 0 Å². The van der Waals surface area contributed by atoms with Crippen molar-refractivity contribution >= 4 is 23.2 Å². The second kappa shape index (κ2) is 4.38. The van der Waals surface area contributed by atoms with Gasteiger partial charge in [0.25, 0.3) is 0 Å². The van der Waals surface area contributed by atoms with Gasteiger partial charge in [0.2, 0.25) is 0 Å². The van der Waals surface area contributed by atoms with Crippen LogP contribution >= 0.6 is 23.2 Å². The zero-order chi connectivity index (χ0) is 13.6. The van der Waals surface area contributed by atoms with Crippen molar-refractivity contribution in [3.05, 3.63) is 35.9 Å². The summed E-state index contributed by atoms with van der Waals surface area (Å²) in [6, 6.07) is 10.1. The third-order valence-corrected chi connectivity index (χ3v) is 4.39. The molecule has 0 saturated heterocycles. The first kappa shape index (κ1) is 14.1. The van der Waals surface area contributed by atoms with E-state index in [0.717, 1.165) is 5.56 Å². The molecule has 0 heterocycles. The van der Waals surface area contributed by atoms with Gasteiger partial charge in [0.05, 0.1) is 5.66 Å². The summed E-state index contributed by atoms with van der Waals surface area (Å²) < 4.78 is -0.938. The molecule has 1 aromatic carbocycles. The highest BCUT2D eigenvalue weighted by molar-refractivity contribution is 6.49. The van der Waals surface area contributed by atoms with E-state index in [0.29, 0.717) is 12.8 Å². The van der Waals surface area contributed by atoms with Crippen LogP contribution in [-0.2, 0) is 0 Å². The van der Waals surface area contributed by atoms with Crippen LogP contribution in [0.2, 0.25) is 0 Å². The minimum absolute atomic E-state index is 0.0229. The Labute approximate surface area is 119 Å². The molecule has 2 rings (SSSR count). The van der Waals surface area contributed by atoms with Gasteiger partial charge in [0, 0.05) is 12.3 Å². The molecule has 1 unspecified atom stereocenters. The lowest BCUT2D eigenvalue weighted by molar-refractivity contribution is 0.115. The average Bonchev–Trinajstić information content (AvgIpc) is 2.12. The predicted molar refractivity (Wildman–Crippen MR) is 77.7 cm³/mol. The second-order valence-electron chi connectivity index (χ2n) is 6.18. The first-order valence-electron chi connectivity index (χ1n) is 6.15. The molecule has 1 aliphatic rings. The summed E-state index contributed by atoms with van der Waals surface area (Å²) in [5.74, 6) is 0.0229. The van der Waals surface area contributed by atoms with E-state index < -0.39 is 10.00 Å². The Hall–Kier alpha value is -0.280. The molecule has 0 aliphatic heterocycles. The van der Waals surface area contributed by atoms with E-state index in [1.54, 1.807) is 0 Å². The van der Waals surface area contributed by atoms with Crippen molar-refractivity contribution in [2.75, 3.05) is 0 Å². The van der Waals surface area contributed by atoms with Crippen molar-refractivity contribution < 1.29 is 0 Å². The molecular weight excluding hydrogens is 267 g/mol. The lowest BCUT2D eigenvalue weighted by Gasteiger charge is -2.52. The van der Waals surface area contributed by atoms with E-state index in [9.17, 15) is 0 Å². The number of hydrogen-bond acceptors (Lipinski definition) is 2. The van der Waals surface area contributed by atoms with Crippen LogP contribution in [0.15, 0.2) is 30.3 Å². The summed E-state index contributed by atoms with van der Waals surface area (Å²) in [6.07, 6.45) is 1.09. The fourth-order valence-corrected chi connectivity index (χ4v) is 4.81. The third-order valence-electron chi connectivity index (χ3n) is 3.69. The molecule has 2 nitrogen and oxygen atoms in total. The summed E-state index contributed by atoms with van der Waals surface area (Å²) in [5.41, 5.74) is 12.3. The van der Waals surface area contributed by atoms with Crippen LogP contribution in [0.25, 0.3) is 0 Å². The fourth-order valence-electron chi connectivity index (χ4n) is 3.47. The van der Waals surface area contributed by atoms with E-state index in [-0.39, 0.29) is 11.3 Å². The molecule has 1 aromatic rings. The number of alkyl halides is 2. The van der Waals surface area contributed by atoms with Crippen molar-refractivity contribution in [2.45, 2.75) is 42.6 Å². The summed E-state index contributed by atoms with van der Waals surface area (Å²) >= 11 is 13.1. The van der Waals surface area contributed by atoms with Gasteiger partial charge in [0.1, 0.15) is 4.33 Å². The van der Waals surface area contributed by atoms with Gasteiger partial charge >= 0.3 is 0 Å². The molecular formula is C14H20Cl2N2. The molecule has 0 radical (unpaired) electrons. The van der Waals surface area contributed by atoms with Crippen LogP contribution in [0.3, 0.4) is 0 Å². The molecule has 0 aromatic heterocycles. The van der Waals surface area contributed by atoms with Crippen molar-refractivity contribution in [1.29, 1.82) is 0 Å². The molecule has 4 heteroatoms. The topological polar surface area (TPSA) is 52.0 Å². The third kappa shape index (κ3) is 2.67. The molecule has 4 N–H and O–H groups in total. The maximum absolute atomic E-state index is 6.55.